The molecule has 1 aromatic heterocycles. The number of nitrogens with zero attached hydrogens (tertiary/aromatic N) is 1. The van der Waals surface area contributed by atoms with E-state index in [4.69, 9.17) is 4.74 Å². The molecule has 1 atom stereocenters. The minimum Gasteiger partial charge on any atom is -0.507 e. The summed E-state index contributed by atoms with van der Waals surface area (Å²) in [5.41, 5.74) is 2.97. The Bertz CT molecular complexity index is 1160. The van der Waals surface area contributed by atoms with Gasteiger partial charge in [-0.2, -0.15) is 0 Å². The second kappa shape index (κ2) is 7.80. The number of hydrogen-bond donors (Lipinski definition) is 1. The lowest BCUT2D eigenvalue weighted by atomic mass is 9.96. The highest BCUT2D eigenvalue weighted by molar-refractivity contribution is 7.10. The number of hydrogen-bond acceptors (Lipinski definition) is 5. The number of ketones is 1. The first kappa shape index (κ1) is 19.9. The van der Waals surface area contributed by atoms with E-state index in [2.05, 4.69) is 0 Å². The topological polar surface area (TPSA) is 66.8 Å². The highest BCUT2D eigenvalue weighted by Gasteiger charge is 2.47. The van der Waals surface area contributed by atoms with Crippen LogP contribution >= 0.6 is 11.3 Å². The molecule has 1 aliphatic rings. The van der Waals surface area contributed by atoms with E-state index in [-0.39, 0.29) is 11.3 Å². The Labute approximate surface area is 178 Å². The first-order chi connectivity index (χ1) is 14.4. The second-order valence-electron chi connectivity index (χ2n) is 7.20. The Balaban J connectivity index is 1.95. The van der Waals surface area contributed by atoms with Crippen LogP contribution in [-0.2, 0) is 9.59 Å². The third-order valence-electron chi connectivity index (χ3n) is 5.24. The molecule has 0 aliphatic carbocycles. The SMILES string of the molecule is COc1cccc(N2C(=O)C(=O)/C(=C(\O)c3cc(C)ccc3C)C2c2cccs2)c1. The number of methoxy groups -OCH3 is 1. The summed E-state index contributed by atoms with van der Waals surface area (Å²) in [6.45, 7) is 3.79. The maximum atomic E-state index is 13.1. The molecule has 0 spiro atoms. The number of thiophene rings is 1. The molecule has 3 aromatic rings. The maximum Gasteiger partial charge on any atom is 0.300 e. The number of benzene rings is 2. The number of Topliss-reactive ketones (excluding diaryl/α,β-unsaturated/α-hetero) is 1. The number of ether oxygens (including phenoxy) is 1. The van der Waals surface area contributed by atoms with Crippen molar-refractivity contribution in [2.45, 2.75) is 19.9 Å². The number of anilines is 1. The van der Waals surface area contributed by atoms with E-state index in [0.717, 1.165) is 16.0 Å². The van der Waals surface area contributed by atoms with Gasteiger partial charge in [0.25, 0.3) is 11.7 Å². The van der Waals surface area contributed by atoms with E-state index in [1.165, 1.54) is 16.2 Å². The summed E-state index contributed by atoms with van der Waals surface area (Å²) in [6, 6.07) is 15.7. The highest BCUT2D eigenvalue weighted by atomic mass is 32.1. The molecule has 30 heavy (non-hydrogen) atoms. The molecule has 6 heteroatoms. The minimum absolute atomic E-state index is 0.0963. The lowest BCUT2D eigenvalue weighted by Gasteiger charge is -2.24. The Kier molecular flexibility index (Phi) is 5.18. The van der Waals surface area contributed by atoms with Gasteiger partial charge in [-0.05, 0) is 49.1 Å². The Morgan fingerprint density at radius 1 is 1.07 bits per heavy atom. The summed E-state index contributed by atoms with van der Waals surface area (Å²) in [7, 11) is 1.55. The molecule has 0 saturated carbocycles. The van der Waals surface area contributed by atoms with E-state index < -0.39 is 17.7 Å². The van der Waals surface area contributed by atoms with Gasteiger partial charge in [0.05, 0.1) is 12.7 Å². The maximum absolute atomic E-state index is 13.1. The zero-order valence-corrected chi connectivity index (χ0v) is 17.7. The molecule has 2 aromatic carbocycles. The van der Waals surface area contributed by atoms with Crippen molar-refractivity contribution in [1.29, 1.82) is 0 Å². The van der Waals surface area contributed by atoms with Gasteiger partial charge >= 0.3 is 0 Å². The van der Waals surface area contributed by atoms with Crippen LogP contribution in [0.15, 0.2) is 65.6 Å². The summed E-state index contributed by atoms with van der Waals surface area (Å²) in [4.78, 5) is 28.5. The smallest absolute Gasteiger partial charge is 0.300 e. The van der Waals surface area contributed by atoms with Gasteiger partial charge in [0, 0.05) is 22.2 Å². The average molecular weight is 420 g/mol. The van der Waals surface area contributed by atoms with Gasteiger partial charge in [-0.3, -0.25) is 14.5 Å². The number of carbonyl (C=O) groups is 2. The van der Waals surface area contributed by atoms with Crippen LogP contribution in [0.1, 0.15) is 27.6 Å². The number of amides is 1. The van der Waals surface area contributed by atoms with Gasteiger partial charge in [0.1, 0.15) is 17.6 Å². The molecule has 1 fully saturated rings. The van der Waals surface area contributed by atoms with E-state index >= 15 is 0 Å². The van der Waals surface area contributed by atoms with Crippen LogP contribution in [0.5, 0.6) is 5.75 Å². The Hall–Kier alpha value is -3.38. The number of carbonyl (C=O) groups excluding carboxylic acids is 2. The van der Waals surface area contributed by atoms with Crippen LogP contribution < -0.4 is 9.64 Å². The largest absolute Gasteiger partial charge is 0.507 e. The summed E-state index contributed by atoms with van der Waals surface area (Å²) in [5, 5.41) is 13.1. The molecular weight excluding hydrogens is 398 g/mol. The van der Waals surface area contributed by atoms with Crippen LogP contribution in [0.2, 0.25) is 0 Å². The fourth-order valence-electron chi connectivity index (χ4n) is 3.71. The first-order valence-electron chi connectivity index (χ1n) is 9.48. The lowest BCUT2D eigenvalue weighted by Crippen LogP contribution is -2.29. The van der Waals surface area contributed by atoms with E-state index in [1.54, 1.807) is 31.4 Å². The molecule has 4 rings (SSSR count). The van der Waals surface area contributed by atoms with E-state index in [1.807, 2.05) is 49.6 Å². The van der Waals surface area contributed by atoms with Crippen molar-refractivity contribution >= 4 is 34.5 Å². The Morgan fingerprint density at radius 3 is 2.57 bits per heavy atom. The van der Waals surface area contributed by atoms with Crippen LogP contribution in [0.25, 0.3) is 5.76 Å². The number of aliphatic hydroxyl groups is 1. The molecule has 1 N–H and O–H groups in total. The molecule has 2 heterocycles. The molecule has 0 bridgehead atoms. The van der Waals surface area contributed by atoms with Crippen molar-refractivity contribution in [3.8, 4) is 5.75 Å². The minimum atomic E-state index is -0.711. The molecular formula is C24H21NO4S. The van der Waals surface area contributed by atoms with Crippen molar-refractivity contribution in [2.75, 3.05) is 12.0 Å². The van der Waals surface area contributed by atoms with Gasteiger partial charge in [0.2, 0.25) is 0 Å². The van der Waals surface area contributed by atoms with Gasteiger partial charge in [-0.1, -0.05) is 29.8 Å². The molecule has 1 amide bonds. The lowest BCUT2D eigenvalue weighted by molar-refractivity contribution is -0.132. The third kappa shape index (κ3) is 3.29. The summed E-state index contributed by atoms with van der Waals surface area (Å²) in [5.74, 6) is -0.949. The van der Waals surface area contributed by atoms with Gasteiger partial charge in [-0.15, -0.1) is 11.3 Å². The first-order valence-corrected chi connectivity index (χ1v) is 10.4. The molecule has 5 nitrogen and oxygen atoms in total. The molecule has 1 unspecified atom stereocenters. The van der Waals surface area contributed by atoms with Gasteiger partial charge in [-0.25, -0.2) is 0 Å². The molecule has 152 valence electrons. The van der Waals surface area contributed by atoms with Crippen LogP contribution in [-0.4, -0.2) is 23.9 Å². The highest BCUT2D eigenvalue weighted by Crippen LogP contribution is 2.44. The van der Waals surface area contributed by atoms with Gasteiger partial charge in [0.15, 0.2) is 0 Å². The molecule has 0 radical (unpaired) electrons. The van der Waals surface area contributed by atoms with Crippen molar-refractivity contribution < 1.29 is 19.4 Å². The standard InChI is InChI=1S/C24H21NO4S/c1-14-9-10-15(2)18(12-14)22(26)20-21(19-8-5-11-30-19)25(24(28)23(20)27)16-6-4-7-17(13-16)29-3/h4-13,21,26H,1-3H3/b22-20-. The number of aryl methyl sites for hydroxylation is 2. The monoisotopic (exact) mass is 419 g/mol. The van der Waals surface area contributed by atoms with Crippen LogP contribution in [0, 0.1) is 13.8 Å². The second-order valence-corrected chi connectivity index (χ2v) is 8.18. The van der Waals surface area contributed by atoms with Crippen molar-refractivity contribution in [1.82, 2.24) is 0 Å². The van der Waals surface area contributed by atoms with E-state index in [0.29, 0.717) is 17.0 Å². The Morgan fingerprint density at radius 2 is 1.87 bits per heavy atom. The number of aliphatic hydroxyl groups excluding tert-OH is 1. The zero-order chi connectivity index (χ0) is 21.4. The zero-order valence-electron chi connectivity index (χ0n) is 16.9. The van der Waals surface area contributed by atoms with Crippen molar-refractivity contribution in [3.63, 3.8) is 0 Å². The van der Waals surface area contributed by atoms with Crippen LogP contribution in [0.4, 0.5) is 5.69 Å². The molecule has 1 aliphatic heterocycles. The summed E-state index contributed by atoms with van der Waals surface area (Å²) < 4.78 is 5.29. The van der Waals surface area contributed by atoms with Crippen LogP contribution in [0.3, 0.4) is 0 Å². The molecule has 1 saturated heterocycles. The summed E-state index contributed by atoms with van der Waals surface area (Å²) >= 11 is 1.43. The average Bonchev–Trinajstić information content (AvgIpc) is 3.36. The fraction of sp³-hybridized carbons (Fsp3) is 0.167. The summed E-state index contributed by atoms with van der Waals surface area (Å²) in [6.07, 6.45) is 0. The normalized spacial score (nSPS) is 18.1. The van der Waals surface area contributed by atoms with Crippen molar-refractivity contribution in [2.24, 2.45) is 0 Å². The predicted molar refractivity (Wildman–Crippen MR) is 118 cm³/mol. The number of rotatable bonds is 4. The van der Waals surface area contributed by atoms with Gasteiger partial charge < -0.3 is 9.84 Å². The third-order valence-corrected chi connectivity index (χ3v) is 6.16. The van der Waals surface area contributed by atoms with Crippen molar-refractivity contribution in [3.05, 3.63) is 87.1 Å². The quantitative estimate of drug-likeness (QED) is 0.367. The predicted octanol–water partition coefficient (Wildman–Crippen LogP) is 5.00. The van der Waals surface area contributed by atoms with E-state index in [9.17, 15) is 14.7 Å². The fourth-order valence-corrected chi connectivity index (χ4v) is 4.53.